The van der Waals surface area contributed by atoms with E-state index in [0.717, 1.165) is 12.0 Å². The number of ether oxygens (including phenoxy) is 1. The Labute approximate surface area is 83.8 Å². The predicted molar refractivity (Wildman–Crippen MR) is 56.5 cm³/mol. The van der Waals surface area contributed by atoms with E-state index < -0.39 is 0 Å². The van der Waals surface area contributed by atoms with Crippen LogP contribution in [0.5, 0.6) is 11.5 Å². The van der Waals surface area contributed by atoms with E-state index in [2.05, 4.69) is 6.58 Å². The van der Waals surface area contributed by atoms with Gasteiger partial charge >= 0.3 is 0 Å². The van der Waals surface area contributed by atoms with Crippen molar-refractivity contribution in [2.24, 2.45) is 5.73 Å². The largest absolute Gasteiger partial charge is 0.504 e. The predicted octanol–water partition coefficient (Wildman–Crippen LogP) is 1.59. The van der Waals surface area contributed by atoms with Gasteiger partial charge in [-0.25, -0.2) is 0 Å². The fourth-order valence-electron chi connectivity index (χ4n) is 1.32. The lowest BCUT2D eigenvalue weighted by molar-refractivity contribution is 0.370. The molecule has 76 valence electrons. The second-order valence-corrected chi connectivity index (χ2v) is 3.00. The molecule has 0 heterocycles. The third-order valence-corrected chi connectivity index (χ3v) is 2.03. The highest BCUT2D eigenvalue weighted by molar-refractivity contribution is 5.48. The molecule has 1 aromatic carbocycles. The molecule has 1 aromatic rings. The van der Waals surface area contributed by atoms with Gasteiger partial charge in [0.2, 0.25) is 0 Å². The van der Waals surface area contributed by atoms with Gasteiger partial charge < -0.3 is 15.6 Å². The zero-order chi connectivity index (χ0) is 10.6. The number of benzene rings is 1. The first kappa shape index (κ1) is 10.6. The summed E-state index contributed by atoms with van der Waals surface area (Å²) >= 11 is 0. The quantitative estimate of drug-likeness (QED) is 0.714. The Morgan fingerprint density at radius 3 is 2.79 bits per heavy atom. The van der Waals surface area contributed by atoms with Crippen LogP contribution < -0.4 is 10.5 Å². The highest BCUT2D eigenvalue weighted by Crippen LogP contribution is 2.31. The SMILES string of the molecule is C=CCc1cc(CN)c(O)c(OC)c1. The van der Waals surface area contributed by atoms with E-state index in [0.29, 0.717) is 17.9 Å². The van der Waals surface area contributed by atoms with Crippen molar-refractivity contribution in [2.75, 3.05) is 7.11 Å². The Bertz CT molecular complexity index is 309. The van der Waals surface area contributed by atoms with Gasteiger partial charge in [0.1, 0.15) is 0 Å². The number of phenols is 1. The molecule has 0 aliphatic carbocycles. The van der Waals surface area contributed by atoms with Crippen LogP contribution in [0.15, 0.2) is 24.8 Å². The lowest BCUT2D eigenvalue weighted by atomic mass is 10.1. The average molecular weight is 193 g/mol. The van der Waals surface area contributed by atoms with Gasteiger partial charge in [-0.1, -0.05) is 12.1 Å². The zero-order valence-electron chi connectivity index (χ0n) is 8.29. The van der Waals surface area contributed by atoms with Crippen molar-refractivity contribution in [1.29, 1.82) is 0 Å². The van der Waals surface area contributed by atoms with Gasteiger partial charge in [-0.15, -0.1) is 6.58 Å². The molecular weight excluding hydrogens is 178 g/mol. The summed E-state index contributed by atoms with van der Waals surface area (Å²) < 4.78 is 5.03. The number of hydrogen-bond donors (Lipinski definition) is 2. The Morgan fingerprint density at radius 2 is 2.29 bits per heavy atom. The van der Waals surface area contributed by atoms with Gasteiger partial charge in [-0.05, 0) is 18.1 Å². The van der Waals surface area contributed by atoms with Crippen molar-refractivity contribution in [1.82, 2.24) is 0 Å². The fourth-order valence-corrected chi connectivity index (χ4v) is 1.32. The van der Waals surface area contributed by atoms with Gasteiger partial charge in [0, 0.05) is 12.1 Å². The number of allylic oxidation sites excluding steroid dienone is 1. The molecule has 0 aliphatic heterocycles. The molecule has 1 rings (SSSR count). The summed E-state index contributed by atoms with van der Waals surface area (Å²) in [5, 5.41) is 9.65. The van der Waals surface area contributed by atoms with E-state index in [1.165, 1.54) is 7.11 Å². The maximum absolute atomic E-state index is 9.65. The Hall–Kier alpha value is -1.48. The first-order valence-corrected chi connectivity index (χ1v) is 4.42. The van der Waals surface area contributed by atoms with E-state index in [1.54, 1.807) is 12.1 Å². The summed E-state index contributed by atoms with van der Waals surface area (Å²) in [7, 11) is 1.52. The molecule has 14 heavy (non-hydrogen) atoms. The van der Waals surface area contributed by atoms with Crippen molar-refractivity contribution < 1.29 is 9.84 Å². The minimum atomic E-state index is 0.128. The van der Waals surface area contributed by atoms with Crippen molar-refractivity contribution in [3.8, 4) is 11.5 Å². The zero-order valence-corrected chi connectivity index (χ0v) is 8.29. The van der Waals surface area contributed by atoms with E-state index >= 15 is 0 Å². The third kappa shape index (κ3) is 2.06. The molecule has 0 saturated carbocycles. The van der Waals surface area contributed by atoms with Crippen LogP contribution in [0.25, 0.3) is 0 Å². The number of aromatic hydroxyl groups is 1. The molecule has 0 spiro atoms. The van der Waals surface area contributed by atoms with E-state index in [-0.39, 0.29) is 5.75 Å². The summed E-state index contributed by atoms with van der Waals surface area (Å²) in [6, 6.07) is 3.65. The lowest BCUT2D eigenvalue weighted by Crippen LogP contribution is -1.99. The van der Waals surface area contributed by atoms with Gasteiger partial charge in [0.05, 0.1) is 7.11 Å². The van der Waals surface area contributed by atoms with Crippen LogP contribution in [-0.2, 0) is 13.0 Å². The average Bonchev–Trinajstić information content (AvgIpc) is 2.20. The van der Waals surface area contributed by atoms with Crippen LogP contribution in [0, 0.1) is 0 Å². The molecule has 0 fully saturated rings. The number of nitrogens with two attached hydrogens (primary N) is 1. The van der Waals surface area contributed by atoms with E-state index in [4.69, 9.17) is 10.5 Å². The minimum absolute atomic E-state index is 0.128. The van der Waals surface area contributed by atoms with Gasteiger partial charge in [0.15, 0.2) is 11.5 Å². The number of phenolic OH excluding ortho intramolecular Hbond substituents is 1. The van der Waals surface area contributed by atoms with Crippen LogP contribution in [0.2, 0.25) is 0 Å². The van der Waals surface area contributed by atoms with Crippen molar-refractivity contribution >= 4 is 0 Å². The first-order valence-electron chi connectivity index (χ1n) is 4.42. The van der Waals surface area contributed by atoms with Gasteiger partial charge in [-0.3, -0.25) is 0 Å². The standard InChI is InChI=1S/C11H15NO2/c1-3-4-8-5-9(7-12)11(13)10(6-8)14-2/h3,5-6,13H,1,4,7,12H2,2H3. The lowest BCUT2D eigenvalue weighted by Gasteiger charge is -2.09. The number of hydrogen-bond acceptors (Lipinski definition) is 3. The van der Waals surface area contributed by atoms with Gasteiger partial charge in [0.25, 0.3) is 0 Å². The smallest absolute Gasteiger partial charge is 0.162 e. The molecule has 0 saturated heterocycles. The molecule has 0 atom stereocenters. The Morgan fingerprint density at radius 1 is 1.57 bits per heavy atom. The second-order valence-electron chi connectivity index (χ2n) is 3.00. The summed E-state index contributed by atoms with van der Waals surface area (Å²) in [6.45, 7) is 3.95. The molecule has 0 bridgehead atoms. The summed E-state index contributed by atoms with van der Waals surface area (Å²) in [5.41, 5.74) is 7.23. The van der Waals surface area contributed by atoms with Crippen LogP contribution >= 0.6 is 0 Å². The van der Waals surface area contributed by atoms with Crippen LogP contribution in [0.4, 0.5) is 0 Å². The maximum Gasteiger partial charge on any atom is 0.162 e. The molecule has 3 N–H and O–H groups in total. The fraction of sp³-hybridized carbons (Fsp3) is 0.273. The monoisotopic (exact) mass is 193 g/mol. The highest BCUT2D eigenvalue weighted by atomic mass is 16.5. The number of methoxy groups -OCH3 is 1. The van der Waals surface area contributed by atoms with Gasteiger partial charge in [-0.2, -0.15) is 0 Å². The molecule has 0 aliphatic rings. The second kappa shape index (κ2) is 4.67. The Balaban J connectivity index is 3.17. The topological polar surface area (TPSA) is 55.5 Å². The summed E-state index contributed by atoms with van der Waals surface area (Å²) in [4.78, 5) is 0. The van der Waals surface area contributed by atoms with Crippen molar-refractivity contribution in [2.45, 2.75) is 13.0 Å². The van der Waals surface area contributed by atoms with Crippen LogP contribution in [0.3, 0.4) is 0 Å². The van der Waals surface area contributed by atoms with E-state index in [1.807, 2.05) is 6.07 Å². The molecule has 3 nitrogen and oxygen atoms in total. The molecule has 0 radical (unpaired) electrons. The van der Waals surface area contributed by atoms with E-state index in [9.17, 15) is 5.11 Å². The van der Waals surface area contributed by atoms with Crippen molar-refractivity contribution in [3.05, 3.63) is 35.9 Å². The Kier molecular flexibility index (Phi) is 3.54. The molecule has 0 aromatic heterocycles. The molecule has 0 amide bonds. The normalized spacial score (nSPS) is 9.86. The third-order valence-electron chi connectivity index (χ3n) is 2.03. The van der Waals surface area contributed by atoms with Crippen LogP contribution in [0.1, 0.15) is 11.1 Å². The maximum atomic E-state index is 9.65. The molecular formula is C11H15NO2. The van der Waals surface area contributed by atoms with Crippen LogP contribution in [-0.4, -0.2) is 12.2 Å². The number of rotatable bonds is 4. The summed E-state index contributed by atoms with van der Waals surface area (Å²) in [5.74, 6) is 0.590. The first-order chi connectivity index (χ1) is 6.72. The summed E-state index contributed by atoms with van der Waals surface area (Å²) in [6.07, 6.45) is 2.54. The highest BCUT2D eigenvalue weighted by Gasteiger charge is 2.08. The minimum Gasteiger partial charge on any atom is -0.504 e. The molecule has 0 unspecified atom stereocenters. The van der Waals surface area contributed by atoms with Crippen molar-refractivity contribution in [3.63, 3.8) is 0 Å². The molecule has 3 heteroatoms.